The first-order valence-corrected chi connectivity index (χ1v) is 7.93. The van der Waals surface area contributed by atoms with Crippen LogP contribution >= 0.6 is 11.8 Å². The first-order valence-electron chi connectivity index (χ1n) is 6.94. The van der Waals surface area contributed by atoms with Gasteiger partial charge in [-0.3, -0.25) is 9.59 Å². The van der Waals surface area contributed by atoms with E-state index in [4.69, 9.17) is 5.11 Å². The number of carboxylic acids is 1. The molecule has 0 saturated carbocycles. The van der Waals surface area contributed by atoms with E-state index in [9.17, 15) is 9.59 Å². The van der Waals surface area contributed by atoms with Gasteiger partial charge in [-0.05, 0) is 25.5 Å². The minimum atomic E-state index is -0.835. The van der Waals surface area contributed by atoms with Gasteiger partial charge in [0.05, 0.1) is 5.92 Å². The highest BCUT2D eigenvalue weighted by Crippen LogP contribution is 2.20. The number of carboxylic acid groups (broad SMARTS) is 1. The Kier molecular flexibility index (Phi) is 5.44. The molecule has 0 aliphatic heterocycles. The second-order valence-corrected chi connectivity index (χ2v) is 6.32. The zero-order chi connectivity index (χ0) is 15.2. The number of aryl methyl sites for hydroxylation is 1. The molecule has 0 fully saturated rings. The fraction of sp³-hybridized carbons (Fsp3) is 0.375. The third-order valence-corrected chi connectivity index (χ3v) is 4.38. The first-order chi connectivity index (χ1) is 10.0. The summed E-state index contributed by atoms with van der Waals surface area (Å²) in [7, 11) is 0. The van der Waals surface area contributed by atoms with Crippen LogP contribution in [0.15, 0.2) is 41.3 Å². The summed E-state index contributed by atoms with van der Waals surface area (Å²) in [5.41, 5.74) is 1.22. The quantitative estimate of drug-likeness (QED) is 0.626. The van der Waals surface area contributed by atoms with Crippen LogP contribution in [0.4, 0.5) is 0 Å². The predicted molar refractivity (Wildman–Crippen MR) is 83.3 cm³/mol. The molecule has 5 heteroatoms. The first kappa shape index (κ1) is 15.6. The summed E-state index contributed by atoms with van der Waals surface area (Å²) in [5, 5.41) is 11.7. The SMILES string of the molecule is Cc1ccc(SCCC(=O)NC2C=CC(C(=O)O)C2)cc1. The van der Waals surface area contributed by atoms with E-state index in [1.165, 1.54) is 5.56 Å². The molecular weight excluding hydrogens is 286 g/mol. The molecule has 0 heterocycles. The maximum atomic E-state index is 11.8. The van der Waals surface area contributed by atoms with Crippen LogP contribution in [0.2, 0.25) is 0 Å². The third-order valence-electron chi connectivity index (χ3n) is 3.37. The van der Waals surface area contributed by atoms with Crippen molar-refractivity contribution in [2.24, 2.45) is 5.92 Å². The second kappa shape index (κ2) is 7.31. The van der Waals surface area contributed by atoms with Crippen LogP contribution < -0.4 is 5.32 Å². The van der Waals surface area contributed by atoms with Crippen molar-refractivity contribution in [3.63, 3.8) is 0 Å². The molecule has 0 bridgehead atoms. The molecule has 2 rings (SSSR count). The maximum absolute atomic E-state index is 11.8. The molecule has 1 aromatic carbocycles. The number of benzene rings is 1. The molecular formula is C16H19NO3S. The van der Waals surface area contributed by atoms with Gasteiger partial charge in [-0.15, -0.1) is 11.8 Å². The zero-order valence-corrected chi connectivity index (χ0v) is 12.7. The molecule has 2 N–H and O–H groups in total. The average Bonchev–Trinajstić information content (AvgIpc) is 2.90. The number of amides is 1. The van der Waals surface area contributed by atoms with E-state index in [1.54, 1.807) is 23.9 Å². The van der Waals surface area contributed by atoms with Crippen LogP contribution in [0.5, 0.6) is 0 Å². The largest absolute Gasteiger partial charge is 0.481 e. The van der Waals surface area contributed by atoms with Crippen molar-refractivity contribution in [2.75, 3.05) is 5.75 Å². The van der Waals surface area contributed by atoms with Crippen molar-refractivity contribution in [2.45, 2.75) is 30.7 Å². The number of thioether (sulfide) groups is 1. The Balaban J connectivity index is 1.67. The van der Waals surface area contributed by atoms with Gasteiger partial charge < -0.3 is 10.4 Å². The molecule has 112 valence electrons. The van der Waals surface area contributed by atoms with Gasteiger partial charge in [-0.2, -0.15) is 0 Å². The van der Waals surface area contributed by atoms with Gasteiger partial charge in [0, 0.05) is 23.1 Å². The molecule has 1 aliphatic rings. The second-order valence-electron chi connectivity index (χ2n) is 5.15. The smallest absolute Gasteiger partial charge is 0.310 e. The molecule has 1 aromatic rings. The monoisotopic (exact) mass is 305 g/mol. The van der Waals surface area contributed by atoms with Gasteiger partial charge in [0.2, 0.25) is 5.91 Å². The van der Waals surface area contributed by atoms with Crippen LogP contribution in [-0.4, -0.2) is 28.8 Å². The lowest BCUT2D eigenvalue weighted by Gasteiger charge is -2.12. The van der Waals surface area contributed by atoms with Gasteiger partial charge in [0.15, 0.2) is 0 Å². The Morgan fingerprint density at radius 2 is 2.00 bits per heavy atom. The van der Waals surface area contributed by atoms with Crippen LogP contribution in [0.1, 0.15) is 18.4 Å². The lowest BCUT2D eigenvalue weighted by atomic mass is 10.1. The van der Waals surface area contributed by atoms with E-state index in [-0.39, 0.29) is 11.9 Å². The van der Waals surface area contributed by atoms with Crippen LogP contribution in [-0.2, 0) is 9.59 Å². The summed E-state index contributed by atoms with van der Waals surface area (Å²) < 4.78 is 0. The Bertz CT molecular complexity index is 539. The fourth-order valence-electron chi connectivity index (χ4n) is 2.16. The van der Waals surface area contributed by atoms with Gasteiger partial charge in [-0.1, -0.05) is 29.8 Å². The van der Waals surface area contributed by atoms with Crippen molar-refractivity contribution in [3.8, 4) is 0 Å². The normalized spacial score (nSPS) is 20.4. The average molecular weight is 305 g/mol. The summed E-state index contributed by atoms with van der Waals surface area (Å²) in [6.07, 6.45) is 4.30. The molecule has 1 aliphatic carbocycles. The van der Waals surface area contributed by atoms with Crippen molar-refractivity contribution in [1.29, 1.82) is 0 Å². The molecule has 0 radical (unpaired) electrons. The number of carbonyl (C=O) groups excluding carboxylic acids is 1. The zero-order valence-electron chi connectivity index (χ0n) is 11.9. The highest BCUT2D eigenvalue weighted by Gasteiger charge is 2.25. The van der Waals surface area contributed by atoms with Crippen molar-refractivity contribution < 1.29 is 14.7 Å². The Morgan fingerprint density at radius 3 is 2.62 bits per heavy atom. The predicted octanol–water partition coefficient (Wildman–Crippen LogP) is 2.62. The molecule has 0 saturated heterocycles. The molecule has 2 atom stereocenters. The standard InChI is InChI=1S/C16H19NO3S/c1-11-2-6-14(7-3-11)21-9-8-15(18)17-13-5-4-12(10-13)16(19)20/h2-7,12-13H,8-10H2,1H3,(H,17,18)(H,19,20). The molecule has 0 aromatic heterocycles. The lowest BCUT2D eigenvalue weighted by molar-refractivity contribution is -0.140. The van der Waals surface area contributed by atoms with Gasteiger partial charge in [0.1, 0.15) is 0 Å². The minimum absolute atomic E-state index is 0.0321. The van der Waals surface area contributed by atoms with Gasteiger partial charge in [-0.25, -0.2) is 0 Å². The van der Waals surface area contributed by atoms with Gasteiger partial charge >= 0.3 is 5.97 Å². The molecule has 0 spiro atoms. The van der Waals surface area contributed by atoms with Crippen LogP contribution in [0, 0.1) is 12.8 Å². The van der Waals surface area contributed by atoms with E-state index in [1.807, 2.05) is 6.92 Å². The van der Waals surface area contributed by atoms with Crippen molar-refractivity contribution >= 4 is 23.6 Å². The molecule has 21 heavy (non-hydrogen) atoms. The summed E-state index contributed by atoms with van der Waals surface area (Å²) in [6, 6.07) is 8.06. The van der Waals surface area contributed by atoms with Crippen LogP contribution in [0.25, 0.3) is 0 Å². The van der Waals surface area contributed by atoms with Crippen molar-refractivity contribution in [1.82, 2.24) is 5.32 Å². The number of hydrogen-bond acceptors (Lipinski definition) is 3. The summed E-state index contributed by atoms with van der Waals surface area (Å²) in [5.74, 6) is -0.626. The number of hydrogen-bond donors (Lipinski definition) is 2. The van der Waals surface area contributed by atoms with E-state index in [2.05, 4.69) is 29.6 Å². The van der Waals surface area contributed by atoms with E-state index in [0.717, 1.165) is 4.90 Å². The minimum Gasteiger partial charge on any atom is -0.481 e. The third kappa shape index (κ3) is 4.93. The highest BCUT2D eigenvalue weighted by atomic mass is 32.2. The lowest BCUT2D eigenvalue weighted by Crippen LogP contribution is -2.33. The Labute approximate surface area is 128 Å². The van der Waals surface area contributed by atoms with Gasteiger partial charge in [0.25, 0.3) is 0 Å². The highest BCUT2D eigenvalue weighted by molar-refractivity contribution is 7.99. The Hall–Kier alpha value is -1.75. The van der Waals surface area contributed by atoms with E-state index in [0.29, 0.717) is 18.6 Å². The van der Waals surface area contributed by atoms with E-state index < -0.39 is 11.9 Å². The topological polar surface area (TPSA) is 66.4 Å². The molecule has 1 amide bonds. The number of nitrogens with one attached hydrogen (secondary N) is 1. The summed E-state index contributed by atoms with van der Waals surface area (Å²) in [4.78, 5) is 23.8. The molecule has 2 unspecified atom stereocenters. The fourth-order valence-corrected chi connectivity index (χ4v) is 3.02. The molecule has 4 nitrogen and oxygen atoms in total. The number of rotatable bonds is 6. The Morgan fingerprint density at radius 1 is 1.29 bits per heavy atom. The van der Waals surface area contributed by atoms with Crippen LogP contribution in [0.3, 0.4) is 0 Å². The maximum Gasteiger partial charge on any atom is 0.310 e. The van der Waals surface area contributed by atoms with Crippen molar-refractivity contribution in [3.05, 3.63) is 42.0 Å². The summed E-state index contributed by atoms with van der Waals surface area (Å²) >= 11 is 1.65. The number of aliphatic carboxylic acids is 1. The summed E-state index contributed by atoms with van der Waals surface area (Å²) in [6.45, 7) is 2.04. The number of carbonyl (C=O) groups is 2. The van der Waals surface area contributed by atoms with E-state index >= 15 is 0 Å².